The quantitative estimate of drug-likeness (QED) is 0.834. The highest BCUT2D eigenvalue weighted by molar-refractivity contribution is 5.65. The Hall–Kier alpha value is -2.30. The lowest BCUT2D eigenvalue weighted by atomic mass is 10.2. The molecule has 0 radical (unpaired) electrons. The SMILES string of the molecule is COc1ccc(CNc2cc(F)ccc2N)cc1F. The second kappa shape index (κ2) is 5.56. The molecule has 0 spiro atoms. The summed E-state index contributed by atoms with van der Waals surface area (Å²) in [6.07, 6.45) is 0. The number of benzene rings is 2. The highest BCUT2D eigenvalue weighted by atomic mass is 19.1. The van der Waals surface area contributed by atoms with Gasteiger partial charge < -0.3 is 15.8 Å². The van der Waals surface area contributed by atoms with E-state index in [-0.39, 0.29) is 11.6 Å². The molecule has 2 aromatic rings. The molecule has 100 valence electrons. The van der Waals surface area contributed by atoms with Gasteiger partial charge in [0.15, 0.2) is 11.6 Å². The Morgan fingerprint density at radius 3 is 2.63 bits per heavy atom. The van der Waals surface area contributed by atoms with Gasteiger partial charge in [0.05, 0.1) is 18.5 Å². The Balaban J connectivity index is 2.10. The third-order valence-corrected chi connectivity index (χ3v) is 2.71. The van der Waals surface area contributed by atoms with Crippen LogP contribution in [0.1, 0.15) is 5.56 Å². The van der Waals surface area contributed by atoms with Crippen LogP contribution in [0, 0.1) is 11.6 Å². The van der Waals surface area contributed by atoms with Crippen LogP contribution in [0.15, 0.2) is 36.4 Å². The van der Waals surface area contributed by atoms with Crippen molar-refractivity contribution in [3.8, 4) is 5.75 Å². The topological polar surface area (TPSA) is 47.3 Å². The number of hydrogen-bond donors (Lipinski definition) is 2. The normalized spacial score (nSPS) is 10.3. The largest absolute Gasteiger partial charge is 0.494 e. The molecule has 0 aliphatic rings. The van der Waals surface area contributed by atoms with Crippen molar-refractivity contribution in [1.82, 2.24) is 0 Å². The van der Waals surface area contributed by atoms with E-state index in [0.29, 0.717) is 23.5 Å². The highest BCUT2D eigenvalue weighted by Crippen LogP contribution is 2.22. The van der Waals surface area contributed by atoms with E-state index in [2.05, 4.69) is 5.32 Å². The van der Waals surface area contributed by atoms with Crippen molar-refractivity contribution in [3.63, 3.8) is 0 Å². The van der Waals surface area contributed by atoms with Crippen LogP contribution < -0.4 is 15.8 Å². The van der Waals surface area contributed by atoms with E-state index in [1.807, 2.05) is 0 Å². The summed E-state index contributed by atoms with van der Waals surface area (Å²) in [6, 6.07) is 8.70. The van der Waals surface area contributed by atoms with Gasteiger partial charge in [-0.05, 0) is 35.9 Å². The van der Waals surface area contributed by atoms with Crippen molar-refractivity contribution >= 4 is 11.4 Å². The van der Waals surface area contributed by atoms with Crippen molar-refractivity contribution in [3.05, 3.63) is 53.6 Å². The van der Waals surface area contributed by atoms with Crippen molar-refractivity contribution in [2.24, 2.45) is 0 Å². The second-order valence-corrected chi connectivity index (χ2v) is 4.05. The molecule has 0 heterocycles. The molecule has 0 aromatic heterocycles. The summed E-state index contributed by atoms with van der Waals surface area (Å²) in [4.78, 5) is 0. The molecular formula is C14H14F2N2O. The monoisotopic (exact) mass is 264 g/mol. The van der Waals surface area contributed by atoms with Crippen LogP contribution >= 0.6 is 0 Å². The van der Waals surface area contributed by atoms with Crippen LogP contribution in [0.25, 0.3) is 0 Å². The van der Waals surface area contributed by atoms with Gasteiger partial charge in [0.2, 0.25) is 0 Å². The van der Waals surface area contributed by atoms with E-state index in [9.17, 15) is 8.78 Å². The Morgan fingerprint density at radius 2 is 1.95 bits per heavy atom. The number of ether oxygens (including phenoxy) is 1. The number of nitrogens with one attached hydrogen (secondary N) is 1. The van der Waals surface area contributed by atoms with Gasteiger partial charge in [-0.25, -0.2) is 8.78 Å². The Kier molecular flexibility index (Phi) is 3.85. The summed E-state index contributed by atoms with van der Waals surface area (Å²) >= 11 is 0. The number of anilines is 2. The summed E-state index contributed by atoms with van der Waals surface area (Å²) in [7, 11) is 1.41. The average Bonchev–Trinajstić information content (AvgIpc) is 2.40. The fourth-order valence-corrected chi connectivity index (χ4v) is 1.70. The second-order valence-electron chi connectivity index (χ2n) is 4.05. The molecule has 0 fully saturated rings. The standard InChI is InChI=1S/C14H14F2N2O/c1-19-14-5-2-9(6-11(14)16)8-18-13-7-10(15)3-4-12(13)17/h2-7,18H,8,17H2,1H3. The van der Waals surface area contributed by atoms with Crippen LogP contribution in [0.2, 0.25) is 0 Å². The first-order valence-electron chi connectivity index (χ1n) is 5.71. The molecule has 5 heteroatoms. The van der Waals surface area contributed by atoms with Crippen LogP contribution in [0.4, 0.5) is 20.2 Å². The molecule has 19 heavy (non-hydrogen) atoms. The molecule has 3 N–H and O–H groups in total. The summed E-state index contributed by atoms with van der Waals surface area (Å²) < 4.78 is 31.4. The number of nitrogen functional groups attached to an aromatic ring is 1. The van der Waals surface area contributed by atoms with E-state index in [1.54, 1.807) is 12.1 Å². The molecule has 0 aliphatic carbocycles. The average molecular weight is 264 g/mol. The fraction of sp³-hybridized carbons (Fsp3) is 0.143. The number of nitrogens with two attached hydrogens (primary N) is 1. The maximum atomic E-state index is 13.5. The molecule has 0 unspecified atom stereocenters. The van der Waals surface area contributed by atoms with Gasteiger partial charge in [-0.2, -0.15) is 0 Å². The smallest absolute Gasteiger partial charge is 0.165 e. The fourth-order valence-electron chi connectivity index (χ4n) is 1.70. The molecular weight excluding hydrogens is 250 g/mol. The van der Waals surface area contributed by atoms with Crippen molar-refractivity contribution in [2.75, 3.05) is 18.2 Å². The molecule has 3 nitrogen and oxygen atoms in total. The van der Waals surface area contributed by atoms with Crippen molar-refractivity contribution in [2.45, 2.75) is 6.54 Å². The Morgan fingerprint density at radius 1 is 1.16 bits per heavy atom. The number of rotatable bonds is 4. The maximum absolute atomic E-state index is 13.5. The Labute approximate surface area is 110 Å². The highest BCUT2D eigenvalue weighted by Gasteiger charge is 2.05. The van der Waals surface area contributed by atoms with Crippen molar-refractivity contribution in [1.29, 1.82) is 0 Å². The van der Waals surface area contributed by atoms with Gasteiger partial charge in [0.1, 0.15) is 5.82 Å². The molecule has 0 amide bonds. The minimum Gasteiger partial charge on any atom is -0.494 e. The molecule has 0 atom stereocenters. The van der Waals surface area contributed by atoms with E-state index < -0.39 is 5.82 Å². The van der Waals surface area contributed by atoms with Gasteiger partial charge in [-0.15, -0.1) is 0 Å². The van der Waals surface area contributed by atoms with Crippen LogP contribution in [0.3, 0.4) is 0 Å². The van der Waals surface area contributed by atoms with Crippen LogP contribution in [0.5, 0.6) is 5.75 Å². The number of hydrogen-bond acceptors (Lipinski definition) is 3. The molecule has 0 saturated heterocycles. The summed E-state index contributed by atoms with van der Waals surface area (Å²) in [5, 5.41) is 2.96. The Bertz CT molecular complexity index is 588. The van der Waals surface area contributed by atoms with Crippen LogP contribution in [-0.4, -0.2) is 7.11 Å². The van der Waals surface area contributed by atoms with Crippen LogP contribution in [-0.2, 0) is 6.54 Å². The minimum atomic E-state index is -0.436. The molecule has 2 rings (SSSR count). The zero-order chi connectivity index (χ0) is 13.8. The van der Waals surface area contributed by atoms with Crippen molar-refractivity contribution < 1.29 is 13.5 Å². The molecule has 0 saturated carbocycles. The zero-order valence-corrected chi connectivity index (χ0v) is 10.4. The van der Waals surface area contributed by atoms with Gasteiger partial charge in [0, 0.05) is 6.54 Å². The lowest BCUT2D eigenvalue weighted by Gasteiger charge is -2.10. The first-order valence-corrected chi connectivity index (χ1v) is 5.71. The zero-order valence-electron chi connectivity index (χ0n) is 10.4. The molecule has 0 aliphatic heterocycles. The first-order chi connectivity index (χ1) is 9.10. The lowest BCUT2D eigenvalue weighted by molar-refractivity contribution is 0.386. The number of methoxy groups -OCH3 is 1. The molecule has 2 aromatic carbocycles. The first kappa shape index (κ1) is 13.1. The van der Waals surface area contributed by atoms with E-state index in [4.69, 9.17) is 10.5 Å². The minimum absolute atomic E-state index is 0.189. The molecule has 0 bridgehead atoms. The summed E-state index contributed by atoms with van der Waals surface area (Å²) in [5.41, 5.74) is 7.34. The predicted molar refractivity (Wildman–Crippen MR) is 71.1 cm³/mol. The van der Waals surface area contributed by atoms with Gasteiger partial charge in [-0.1, -0.05) is 6.07 Å². The van der Waals surface area contributed by atoms with E-state index in [0.717, 1.165) is 0 Å². The predicted octanol–water partition coefficient (Wildman–Crippen LogP) is 3.17. The maximum Gasteiger partial charge on any atom is 0.165 e. The third kappa shape index (κ3) is 3.13. The number of halogens is 2. The van der Waals surface area contributed by atoms with E-state index >= 15 is 0 Å². The lowest BCUT2D eigenvalue weighted by Crippen LogP contribution is -2.03. The summed E-state index contributed by atoms with van der Waals surface area (Å²) in [5.74, 6) is -0.624. The van der Waals surface area contributed by atoms with Gasteiger partial charge >= 0.3 is 0 Å². The third-order valence-electron chi connectivity index (χ3n) is 2.71. The van der Waals surface area contributed by atoms with Gasteiger partial charge in [-0.3, -0.25) is 0 Å². The summed E-state index contributed by atoms with van der Waals surface area (Å²) in [6.45, 7) is 0.342. The van der Waals surface area contributed by atoms with Gasteiger partial charge in [0.25, 0.3) is 0 Å². The van der Waals surface area contributed by atoms with E-state index in [1.165, 1.54) is 31.4 Å².